The molecular weight excluding hydrogens is 537 g/mol. The second kappa shape index (κ2) is 9.80. The molecule has 188 valence electrons. The van der Waals surface area contributed by atoms with Gasteiger partial charge >= 0.3 is 16.5 Å². The van der Waals surface area contributed by atoms with Gasteiger partial charge in [-0.15, -0.1) is 10.2 Å². The maximum Gasteiger partial charge on any atom is 2.00 e. The van der Waals surface area contributed by atoms with Crippen LogP contribution < -0.4 is 14.7 Å². The van der Waals surface area contributed by atoms with Gasteiger partial charge in [0.2, 0.25) is 5.78 Å². The molecule has 0 atom stereocenters. The first kappa shape index (κ1) is 24.7. The van der Waals surface area contributed by atoms with Gasteiger partial charge < -0.3 is 19.1 Å². The van der Waals surface area contributed by atoms with E-state index in [9.17, 15) is 19.5 Å². The molecule has 1 aliphatic carbocycles. The van der Waals surface area contributed by atoms with Crippen molar-refractivity contribution in [2.75, 3.05) is 0 Å². The van der Waals surface area contributed by atoms with Gasteiger partial charge in [-0.1, -0.05) is 41.2 Å². The van der Waals surface area contributed by atoms with Crippen molar-refractivity contribution in [2.45, 2.75) is 0 Å². The third-order valence-electron chi connectivity index (χ3n) is 5.68. The molecule has 11 heteroatoms. The minimum atomic E-state index is -0.740. The molecule has 0 spiro atoms. The van der Waals surface area contributed by atoms with E-state index < -0.39 is 29.1 Å². The molecule has 2 heterocycles. The van der Waals surface area contributed by atoms with E-state index >= 15 is 0 Å². The van der Waals surface area contributed by atoms with Crippen molar-refractivity contribution in [2.24, 2.45) is 10.2 Å². The van der Waals surface area contributed by atoms with Crippen LogP contribution >= 0.6 is 0 Å². The number of ether oxygens (including phenoxy) is 1. The van der Waals surface area contributed by atoms with E-state index in [4.69, 9.17) is 14.0 Å². The predicted octanol–water partition coefficient (Wildman–Crippen LogP) is 4.67. The fourth-order valence-electron chi connectivity index (χ4n) is 3.96. The van der Waals surface area contributed by atoms with Crippen LogP contribution in [-0.4, -0.2) is 22.7 Å². The number of hydrogen-bond acceptors (Lipinski definition) is 9. The van der Waals surface area contributed by atoms with E-state index in [1.54, 1.807) is 42.5 Å². The number of nitrogens with zero attached hydrogens (tertiary/aromatic N) is 3. The Morgan fingerprint density at radius 1 is 0.763 bits per heavy atom. The summed E-state index contributed by atoms with van der Waals surface area (Å²) in [6.45, 7) is 0. The number of ketones is 1. The summed E-state index contributed by atoms with van der Waals surface area (Å²) in [7, 11) is 0. The van der Waals surface area contributed by atoms with Crippen molar-refractivity contribution < 1.29 is 50.0 Å². The minimum absolute atomic E-state index is 0. The van der Waals surface area contributed by atoms with E-state index in [1.807, 2.05) is 0 Å². The van der Waals surface area contributed by atoms with Gasteiger partial charge in [-0.05, 0) is 48.0 Å². The molecule has 2 amide bonds. The summed E-state index contributed by atoms with van der Waals surface area (Å²) in [5, 5.41) is 21.4. The molecule has 4 aromatic rings. The van der Waals surface area contributed by atoms with Gasteiger partial charge in [0.05, 0.1) is 23.1 Å². The standard InChI is InChI=1S/C27H15N3O7.Ni/c31-24-17-12-11-16(36-21-10-5-13-35-21)14-19(17)25(32)23(24)29-28-20-9-4-8-18-22(20)27(34)30(26(18)33)37-15-6-2-1-3-7-15;/h1-14,31H;/q;+2/p-1. The van der Waals surface area contributed by atoms with Gasteiger partial charge in [0.15, 0.2) is 5.75 Å². The van der Waals surface area contributed by atoms with E-state index in [-0.39, 0.29) is 50.4 Å². The summed E-state index contributed by atoms with van der Waals surface area (Å²) in [5.74, 6) is -1.84. The fourth-order valence-corrected chi connectivity index (χ4v) is 3.96. The summed E-state index contributed by atoms with van der Waals surface area (Å²) >= 11 is 0. The number of amides is 2. The zero-order valence-corrected chi connectivity index (χ0v) is 20.1. The minimum Gasteiger partial charge on any atom is -0.870 e. The van der Waals surface area contributed by atoms with Crippen molar-refractivity contribution in [1.29, 1.82) is 0 Å². The normalized spacial score (nSPS) is 14.1. The smallest absolute Gasteiger partial charge is 0.870 e. The number of allylic oxidation sites excluding steroid dienone is 1. The molecule has 2 aliphatic rings. The number of Topliss-reactive ketones (excluding diaryl/α,β-unsaturated/α-hetero) is 1. The zero-order valence-electron chi connectivity index (χ0n) is 19.1. The molecule has 10 nitrogen and oxygen atoms in total. The Balaban J connectivity index is 0.00000294. The van der Waals surface area contributed by atoms with Crippen LogP contribution in [0.1, 0.15) is 36.6 Å². The fraction of sp³-hybridized carbons (Fsp3) is 0. The summed E-state index contributed by atoms with van der Waals surface area (Å²) in [6, 6.07) is 20.4. The quantitative estimate of drug-likeness (QED) is 0.193. The Hall–Kier alpha value is -5.02. The molecule has 38 heavy (non-hydrogen) atoms. The van der Waals surface area contributed by atoms with Crippen molar-refractivity contribution in [3.05, 3.63) is 113 Å². The maximum absolute atomic E-state index is 13.0. The van der Waals surface area contributed by atoms with E-state index in [1.165, 1.54) is 42.7 Å². The topological polar surface area (TPSA) is 134 Å². The second-order valence-electron chi connectivity index (χ2n) is 7.96. The molecule has 0 saturated carbocycles. The molecule has 0 saturated heterocycles. The zero-order chi connectivity index (χ0) is 25.5. The number of carbonyl (C=O) groups excluding carboxylic acids is 3. The molecule has 1 aromatic heterocycles. The monoisotopic (exact) mass is 550 g/mol. The van der Waals surface area contributed by atoms with Crippen LogP contribution in [0.25, 0.3) is 5.76 Å². The first-order chi connectivity index (χ1) is 18.0. The Morgan fingerprint density at radius 3 is 2.34 bits per heavy atom. The molecule has 0 radical (unpaired) electrons. The summed E-state index contributed by atoms with van der Waals surface area (Å²) in [4.78, 5) is 44.2. The first-order valence-electron chi connectivity index (χ1n) is 11.0. The van der Waals surface area contributed by atoms with Crippen LogP contribution in [0.2, 0.25) is 0 Å². The van der Waals surface area contributed by atoms with E-state index in [0.717, 1.165) is 0 Å². The number of benzene rings is 3. The SMILES string of the molecule is O=C1C(N=Nc2cccc3c2C(=O)N(Oc2ccccc2)C3=O)=C([O-])c2ccc(Oc3ccco3)cc21.[Ni+2]. The van der Waals surface area contributed by atoms with Gasteiger partial charge in [-0.3, -0.25) is 14.4 Å². The average Bonchev–Trinajstić information content (AvgIpc) is 3.58. The maximum atomic E-state index is 13.0. The van der Waals surface area contributed by atoms with Gasteiger partial charge in [0, 0.05) is 11.6 Å². The number of para-hydroxylation sites is 1. The Labute approximate surface area is 224 Å². The van der Waals surface area contributed by atoms with Crippen molar-refractivity contribution in [3.63, 3.8) is 0 Å². The largest absolute Gasteiger partial charge is 2.00 e. The first-order valence-corrected chi connectivity index (χ1v) is 11.0. The third-order valence-corrected chi connectivity index (χ3v) is 5.68. The molecule has 0 bridgehead atoms. The molecule has 0 N–H and O–H groups in total. The van der Waals surface area contributed by atoms with Gasteiger partial charge in [-0.25, -0.2) is 0 Å². The summed E-state index contributed by atoms with van der Waals surface area (Å²) in [6.07, 6.45) is 1.44. The molecule has 1 aliphatic heterocycles. The van der Waals surface area contributed by atoms with Crippen LogP contribution in [0.3, 0.4) is 0 Å². The van der Waals surface area contributed by atoms with Gasteiger partial charge in [-0.2, -0.15) is 0 Å². The van der Waals surface area contributed by atoms with Gasteiger partial charge in [0.25, 0.3) is 17.8 Å². The number of hydroxylamine groups is 2. The molecule has 3 aromatic carbocycles. The predicted molar refractivity (Wildman–Crippen MR) is 125 cm³/mol. The Morgan fingerprint density at radius 2 is 1.58 bits per heavy atom. The van der Waals surface area contributed by atoms with E-state index in [2.05, 4.69) is 10.2 Å². The third kappa shape index (κ3) is 4.14. The number of rotatable bonds is 6. The molecule has 0 fully saturated rings. The second-order valence-corrected chi connectivity index (χ2v) is 7.96. The molecular formula is C27H14N3NiO7+. The number of azo groups is 1. The number of imide groups is 1. The van der Waals surface area contributed by atoms with Crippen LogP contribution in [-0.2, 0) is 16.5 Å². The van der Waals surface area contributed by atoms with E-state index in [0.29, 0.717) is 16.6 Å². The van der Waals surface area contributed by atoms with Crippen LogP contribution in [0.15, 0.2) is 105 Å². The van der Waals surface area contributed by atoms with Crippen LogP contribution in [0.5, 0.6) is 17.4 Å². The number of fused-ring (bicyclic) bond motifs is 2. The Bertz CT molecular complexity index is 1650. The molecule has 0 unspecified atom stereocenters. The van der Waals surface area contributed by atoms with Crippen molar-refractivity contribution >= 4 is 29.0 Å². The van der Waals surface area contributed by atoms with Crippen LogP contribution in [0, 0.1) is 0 Å². The summed E-state index contributed by atoms with van der Waals surface area (Å²) in [5.41, 5.74) is -0.127. The Kier molecular flexibility index (Phi) is 6.36. The summed E-state index contributed by atoms with van der Waals surface area (Å²) < 4.78 is 10.7. The van der Waals surface area contributed by atoms with Crippen LogP contribution in [0.4, 0.5) is 5.69 Å². The van der Waals surface area contributed by atoms with Crippen molar-refractivity contribution in [1.82, 2.24) is 5.06 Å². The number of furan rings is 1. The molecule has 6 rings (SSSR count). The van der Waals surface area contributed by atoms with Gasteiger partial charge in [0.1, 0.15) is 11.4 Å². The number of carbonyl (C=O) groups is 3. The number of hydrogen-bond donors (Lipinski definition) is 0. The average molecular weight is 551 g/mol. The van der Waals surface area contributed by atoms with Crippen molar-refractivity contribution in [3.8, 4) is 17.4 Å².